The molecular weight excluding hydrogens is 290 g/mol. The van der Waals surface area contributed by atoms with Crippen molar-refractivity contribution in [1.29, 1.82) is 0 Å². The van der Waals surface area contributed by atoms with Gasteiger partial charge in [-0.2, -0.15) is 0 Å². The highest BCUT2D eigenvalue weighted by atomic mass is 79.9. The molecule has 5 heteroatoms. The van der Waals surface area contributed by atoms with E-state index in [0.717, 1.165) is 10.0 Å². The predicted octanol–water partition coefficient (Wildman–Crippen LogP) is 3.04. The third-order valence-corrected chi connectivity index (χ3v) is 3.30. The third kappa shape index (κ3) is 5.10. The first-order valence-electron chi connectivity index (χ1n) is 5.47. The van der Waals surface area contributed by atoms with Crippen LogP contribution in [-0.2, 0) is 0 Å². The fourth-order valence-electron chi connectivity index (χ4n) is 1.62. The Morgan fingerprint density at radius 1 is 1.35 bits per heavy atom. The third-order valence-electron chi connectivity index (χ3n) is 2.58. The molecule has 1 unspecified atom stereocenters. The summed E-state index contributed by atoms with van der Waals surface area (Å²) in [4.78, 5) is 1.60. The van der Waals surface area contributed by atoms with Crippen molar-refractivity contribution in [2.45, 2.75) is 18.9 Å². The molecule has 0 aliphatic rings. The summed E-state index contributed by atoms with van der Waals surface area (Å²) in [5.74, 6) is 0. The van der Waals surface area contributed by atoms with Gasteiger partial charge in [-0.05, 0) is 31.6 Å². The highest BCUT2D eigenvalue weighted by Crippen LogP contribution is 2.23. The normalized spacial score (nSPS) is 13.4. The summed E-state index contributed by atoms with van der Waals surface area (Å²) in [5.41, 5.74) is 7.04. The second-order valence-corrected chi connectivity index (χ2v) is 4.92. The molecular formula is C12H17BrF2N2. The zero-order valence-corrected chi connectivity index (χ0v) is 11.3. The van der Waals surface area contributed by atoms with E-state index >= 15 is 0 Å². The highest BCUT2D eigenvalue weighted by molar-refractivity contribution is 9.10. The molecule has 2 N–H and O–H groups in total. The van der Waals surface area contributed by atoms with Crippen LogP contribution in [0.2, 0.25) is 0 Å². The van der Waals surface area contributed by atoms with Gasteiger partial charge in [0.1, 0.15) is 0 Å². The molecule has 0 aliphatic heterocycles. The molecule has 0 aromatic heterocycles. The number of alkyl halides is 2. The Morgan fingerprint density at radius 2 is 2.00 bits per heavy atom. The first kappa shape index (κ1) is 14.5. The van der Waals surface area contributed by atoms with E-state index in [0.29, 0.717) is 13.0 Å². The zero-order chi connectivity index (χ0) is 12.8. The summed E-state index contributed by atoms with van der Waals surface area (Å²) in [6.07, 6.45) is -1.63. The lowest BCUT2D eigenvalue weighted by Crippen LogP contribution is -2.28. The number of nitrogens with two attached hydrogens (primary N) is 1. The van der Waals surface area contributed by atoms with Crippen LogP contribution in [0.15, 0.2) is 28.7 Å². The van der Waals surface area contributed by atoms with Gasteiger partial charge in [-0.25, -0.2) is 8.78 Å². The van der Waals surface area contributed by atoms with E-state index in [9.17, 15) is 8.78 Å². The Hall–Kier alpha value is -0.520. The molecule has 0 spiro atoms. The van der Waals surface area contributed by atoms with Gasteiger partial charge in [0.05, 0.1) is 6.54 Å². The first-order chi connectivity index (χ1) is 8.00. The molecule has 0 bridgehead atoms. The smallest absolute Gasteiger partial charge is 0.251 e. The standard InChI is InChI=1S/C12H17BrF2N2/c1-17(8-12(14)15)7-6-11(16)9-4-2-3-5-10(9)13/h2-5,11-12H,6-8,16H2,1H3. The number of benzene rings is 1. The number of rotatable bonds is 6. The topological polar surface area (TPSA) is 29.3 Å². The Bertz CT molecular complexity index is 347. The summed E-state index contributed by atoms with van der Waals surface area (Å²) in [5, 5.41) is 0. The fraction of sp³-hybridized carbons (Fsp3) is 0.500. The van der Waals surface area contributed by atoms with Crippen molar-refractivity contribution in [1.82, 2.24) is 4.90 Å². The largest absolute Gasteiger partial charge is 0.324 e. The fourth-order valence-corrected chi connectivity index (χ4v) is 2.20. The molecule has 1 aromatic carbocycles. The Balaban J connectivity index is 2.45. The van der Waals surface area contributed by atoms with Crippen LogP contribution in [0, 0.1) is 0 Å². The van der Waals surface area contributed by atoms with E-state index in [-0.39, 0.29) is 12.6 Å². The SMILES string of the molecule is CN(CCC(N)c1ccccc1Br)CC(F)F. The average molecular weight is 307 g/mol. The molecule has 0 aliphatic carbocycles. The van der Waals surface area contributed by atoms with Crippen molar-refractivity contribution in [3.63, 3.8) is 0 Å². The number of nitrogens with zero attached hydrogens (tertiary/aromatic N) is 1. The molecule has 0 amide bonds. The second kappa shape index (κ2) is 7.03. The Labute approximate surface area is 109 Å². The van der Waals surface area contributed by atoms with Gasteiger partial charge in [0, 0.05) is 10.5 Å². The van der Waals surface area contributed by atoms with Gasteiger partial charge in [0.25, 0.3) is 6.43 Å². The number of halogens is 3. The first-order valence-corrected chi connectivity index (χ1v) is 6.26. The summed E-state index contributed by atoms with van der Waals surface area (Å²) in [6, 6.07) is 7.58. The molecule has 1 aromatic rings. The van der Waals surface area contributed by atoms with E-state index in [4.69, 9.17) is 5.73 Å². The average Bonchev–Trinajstić information content (AvgIpc) is 2.25. The van der Waals surface area contributed by atoms with Gasteiger partial charge in [0.2, 0.25) is 0 Å². The molecule has 1 rings (SSSR count). The van der Waals surface area contributed by atoms with Crippen LogP contribution in [0.5, 0.6) is 0 Å². The van der Waals surface area contributed by atoms with E-state index < -0.39 is 6.43 Å². The minimum absolute atomic E-state index is 0.134. The molecule has 0 saturated heterocycles. The van der Waals surface area contributed by atoms with Crippen molar-refractivity contribution in [3.8, 4) is 0 Å². The summed E-state index contributed by atoms with van der Waals surface area (Å²) in [6.45, 7) is 0.357. The van der Waals surface area contributed by atoms with Crippen LogP contribution in [0.1, 0.15) is 18.0 Å². The zero-order valence-electron chi connectivity index (χ0n) is 9.74. The summed E-state index contributed by atoms with van der Waals surface area (Å²) >= 11 is 3.43. The number of hydrogen-bond donors (Lipinski definition) is 1. The quantitative estimate of drug-likeness (QED) is 0.875. The van der Waals surface area contributed by atoms with Gasteiger partial charge in [-0.1, -0.05) is 34.1 Å². The van der Waals surface area contributed by atoms with Crippen LogP contribution >= 0.6 is 15.9 Å². The van der Waals surface area contributed by atoms with Crippen LogP contribution in [-0.4, -0.2) is 31.5 Å². The molecule has 17 heavy (non-hydrogen) atoms. The van der Waals surface area contributed by atoms with Crippen molar-refractivity contribution >= 4 is 15.9 Å². The minimum atomic E-state index is -2.29. The van der Waals surface area contributed by atoms with Gasteiger partial charge in [0.15, 0.2) is 0 Å². The van der Waals surface area contributed by atoms with E-state index in [1.54, 1.807) is 11.9 Å². The lowest BCUT2D eigenvalue weighted by atomic mass is 10.0. The molecule has 0 saturated carbocycles. The van der Waals surface area contributed by atoms with E-state index in [1.165, 1.54) is 0 Å². The van der Waals surface area contributed by atoms with Crippen LogP contribution in [0.25, 0.3) is 0 Å². The van der Waals surface area contributed by atoms with Gasteiger partial charge in [-0.15, -0.1) is 0 Å². The summed E-state index contributed by atoms with van der Waals surface area (Å²) in [7, 11) is 1.68. The maximum Gasteiger partial charge on any atom is 0.251 e. The van der Waals surface area contributed by atoms with Crippen LogP contribution in [0.4, 0.5) is 8.78 Å². The monoisotopic (exact) mass is 306 g/mol. The minimum Gasteiger partial charge on any atom is -0.324 e. The van der Waals surface area contributed by atoms with E-state index in [2.05, 4.69) is 15.9 Å². The van der Waals surface area contributed by atoms with Crippen LogP contribution in [0.3, 0.4) is 0 Å². The Kier molecular flexibility index (Phi) is 6.02. The van der Waals surface area contributed by atoms with Crippen molar-refractivity contribution < 1.29 is 8.78 Å². The maximum absolute atomic E-state index is 12.1. The maximum atomic E-state index is 12.1. The molecule has 2 nitrogen and oxygen atoms in total. The molecule has 1 atom stereocenters. The van der Waals surface area contributed by atoms with Gasteiger partial charge >= 0.3 is 0 Å². The van der Waals surface area contributed by atoms with E-state index in [1.807, 2.05) is 24.3 Å². The Morgan fingerprint density at radius 3 is 2.59 bits per heavy atom. The lowest BCUT2D eigenvalue weighted by molar-refractivity contribution is 0.0990. The molecule has 0 radical (unpaired) electrons. The summed E-state index contributed by atoms with van der Waals surface area (Å²) < 4.78 is 25.2. The molecule has 0 fully saturated rings. The molecule has 0 heterocycles. The van der Waals surface area contributed by atoms with Crippen LogP contribution < -0.4 is 5.73 Å². The van der Waals surface area contributed by atoms with Crippen molar-refractivity contribution in [2.24, 2.45) is 5.73 Å². The van der Waals surface area contributed by atoms with Crippen molar-refractivity contribution in [3.05, 3.63) is 34.3 Å². The highest BCUT2D eigenvalue weighted by Gasteiger charge is 2.12. The second-order valence-electron chi connectivity index (χ2n) is 4.07. The molecule has 96 valence electrons. The van der Waals surface area contributed by atoms with Gasteiger partial charge in [-0.3, -0.25) is 0 Å². The van der Waals surface area contributed by atoms with Crippen molar-refractivity contribution in [2.75, 3.05) is 20.1 Å². The van der Waals surface area contributed by atoms with Gasteiger partial charge < -0.3 is 10.6 Å². The predicted molar refractivity (Wildman–Crippen MR) is 69.2 cm³/mol. The number of hydrogen-bond acceptors (Lipinski definition) is 2. The lowest BCUT2D eigenvalue weighted by Gasteiger charge is -2.19.